The molecule has 1 aromatic carbocycles. The number of nitrogens with zero attached hydrogens (tertiary/aromatic N) is 1. The minimum absolute atomic E-state index is 0.0510. The number of hydrogen-bond donors (Lipinski definition) is 2. The second-order valence-electron chi connectivity index (χ2n) is 3.97. The van der Waals surface area contributed by atoms with Crippen LogP contribution in [0.25, 0.3) is 0 Å². The molecule has 0 aliphatic carbocycles. The van der Waals surface area contributed by atoms with E-state index >= 15 is 0 Å². The van der Waals surface area contributed by atoms with Crippen molar-refractivity contribution in [2.75, 3.05) is 6.61 Å². The molecule has 0 fully saturated rings. The van der Waals surface area contributed by atoms with E-state index in [1.165, 1.54) is 0 Å². The Morgan fingerprint density at radius 1 is 1.24 bits per heavy atom. The first kappa shape index (κ1) is 9.96. The minimum Gasteiger partial charge on any atom is -0.492 e. The lowest BCUT2D eigenvalue weighted by Crippen LogP contribution is -2.27. The van der Waals surface area contributed by atoms with Gasteiger partial charge in [-0.15, -0.1) is 0 Å². The van der Waals surface area contributed by atoms with Gasteiger partial charge in [0.1, 0.15) is 18.1 Å². The zero-order valence-electron chi connectivity index (χ0n) is 9.13. The SMILES string of the molecule is ON=C1c2ccccc2OCC1c1ccc[nH]1. The van der Waals surface area contributed by atoms with Crippen molar-refractivity contribution in [2.45, 2.75) is 5.92 Å². The van der Waals surface area contributed by atoms with Gasteiger partial charge in [-0.2, -0.15) is 0 Å². The number of oxime groups is 1. The van der Waals surface area contributed by atoms with E-state index < -0.39 is 0 Å². The Kier molecular flexibility index (Phi) is 2.33. The van der Waals surface area contributed by atoms with Crippen molar-refractivity contribution in [1.82, 2.24) is 4.98 Å². The van der Waals surface area contributed by atoms with Gasteiger partial charge in [-0.1, -0.05) is 17.3 Å². The van der Waals surface area contributed by atoms with Gasteiger partial charge in [0.2, 0.25) is 0 Å². The Bertz CT molecular complexity index is 546. The number of aromatic amines is 1. The monoisotopic (exact) mass is 228 g/mol. The molecule has 0 radical (unpaired) electrons. The van der Waals surface area contributed by atoms with E-state index in [4.69, 9.17) is 4.74 Å². The Hall–Kier alpha value is -2.23. The van der Waals surface area contributed by atoms with Gasteiger partial charge in [0.15, 0.2) is 0 Å². The highest BCUT2D eigenvalue weighted by atomic mass is 16.5. The van der Waals surface area contributed by atoms with Crippen LogP contribution < -0.4 is 4.74 Å². The number of benzene rings is 1. The number of nitrogens with one attached hydrogen (secondary N) is 1. The Morgan fingerprint density at radius 3 is 2.88 bits per heavy atom. The van der Waals surface area contributed by atoms with Gasteiger partial charge in [0, 0.05) is 17.5 Å². The Labute approximate surface area is 98.5 Å². The van der Waals surface area contributed by atoms with Crippen molar-refractivity contribution in [3.8, 4) is 5.75 Å². The molecular weight excluding hydrogens is 216 g/mol. The quantitative estimate of drug-likeness (QED) is 0.581. The lowest BCUT2D eigenvalue weighted by Gasteiger charge is -2.25. The molecule has 2 aromatic rings. The predicted octanol–water partition coefficient (Wildman–Crippen LogP) is 2.37. The van der Waals surface area contributed by atoms with Crippen molar-refractivity contribution < 1.29 is 9.94 Å². The predicted molar refractivity (Wildman–Crippen MR) is 63.8 cm³/mol. The average Bonchev–Trinajstić information content (AvgIpc) is 2.91. The molecule has 3 rings (SSSR count). The number of para-hydroxylation sites is 1. The number of fused-ring (bicyclic) bond motifs is 1. The van der Waals surface area contributed by atoms with Gasteiger partial charge < -0.3 is 14.9 Å². The van der Waals surface area contributed by atoms with Crippen molar-refractivity contribution in [2.24, 2.45) is 5.16 Å². The lowest BCUT2D eigenvalue weighted by atomic mass is 9.92. The molecule has 4 nitrogen and oxygen atoms in total. The summed E-state index contributed by atoms with van der Waals surface area (Å²) >= 11 is 0. The van der Waals surface area contributed by atoms with Gasteiger partial charge in [0.25, 0.3) is 0 Å². The molecule has 0 spiro atoms. The van der Waals surface area contributed by atoms with Crippen LogP contribution in [0.2, 0.25) is 0 Å². The summed E-state index contributed by atoms with van der Waals surface area (Å²) in [6.45, 7) is 0.483. The van der Waals surface area contributed by atoms with Gasteiger partial charge in [-0.3, -0.25) is 0 Å². The summed E-state index contributed by atoms with van der Waals surface area (Å²) in [5.41, 5.74) is 2.49. The molecule has 1 unspecified atom stereocenters. The molecule has 17 heavy (non-hydrogen) atoms. The molecule has 1 aliphatic rings. The molecule has 0 saturated heterocycles. The van der Waals surface area contributed by atoms with Crippen LogP contribution in [0.15, 0.2) is 47.8 Å². The maximum Gasteiger partial charge on any atom is 0.128 e. The molecule has 0 bridgehead atoms. The molecule has 2 N–H and O–H groups in total. The zero-order chi connectivity index (χ0) is 11.7. The van der Waals surface area contributed by atoms with Crippen LogP contribution in [0.1, 0.15) is 17.2 Å². The summed E-state index contributed by atoms with van der Waals surface area (Å²) in [5.74, 6) is 0.716. The normalized spacial score (nSPS) is 20.9. The fourth-order valence-electron chi connectivity index (χ4n) is 2.17. The standard InChI is InChI=1S/C13H12N2O2/c16-15-13-9-4-1-2-6-12(9)17-8-10(13)11-5-3-7-14-11/h1-7,10,14,16H,8H2. The summed E-state index contributed by atoms with van der Waals surface area (Å²) in [6.07, 6.45) is 1.85. The highest BCUT2D eigenvalue weighted by Gasteiger charge is 2.29. The summed E-state index contributed by atoms with van der Waals surface area (Å²) in [4.78, 5) is 3.13. The molecular formula is C13H12N2O2. The molecule has 4 heteroatoms. The van der Waals surface area contributed by atoms with Crippen LogP contribution in [0, 0.1) is 0 Å². The van der Waals surface area contributed by atoms with Crippen LogP contribution in [-0.2, 0) is 0 Å². The van der Waals surface area contributed by atoms with Crippen molar-refractivity contribution in [1.29, 1.82) is 0 Å². The van der Waals surface area contributed by atoms with E-state index in [1.807, 2.05) is 42.6 Å². The Morgan fingerprint density at radius 2 is 2.12 bits per heavy atom. The van der Waals surface area contributed by atoms with E-state index in [1.54, 1.807) is 0 Å². The number of ether oxygens (including phenoxy) is 1. The van der Waals surface area contributed by atoms with E-state index in [9.17, 15) is 5.21 Å². The van der Waals surface area contributed by atoms with Gasteiger partial charge in [0.05, 0.1) is 5.92 Å². The van der Waals surface area contributed by atoms with Crippen molar-refractivity contribution in [3.63, 3.8) is 0 Å². The van der Waals surface area contributed by atoms with Crippen LogP contribution in [0.3, 0.4) is 0 Å². The highest BCUT2D eigenvalue weighted by Crippen LogP contribution is 2.32. The molecule has 1 atom stereocenters. The largest absolute Gasteiger partial charge is 0.492 e. The zero-order valence-corrected chi connectivity index (χ0v) is 9.13. The fourth-order valence-corrected chi connectivity index (χ4v) is 2.17. The third kappa shape index (κ3) is 1.58. The number of H-pyrrole nitrogens is 1. The number of rotatable bonds is 1. The first-order valence-electron chi connectivity index (χ1n) is 5.47. The maximum atomic E-state index is 9.23. The molecule has 0 amide bonds. The third-order valence-corrected chi connectivity index (χ3v) is 3.00. The molecule has 0 saturated carbocycles. The third-order valence-electron chi connectivity index (χ3n) is 3.00. The van der Waals surface area contributed by atoms with Crippen molar-refractivity contribution in [3.05, 3.63) is 53.9 Å². The van der Waals surface area contributed by atoms with Crippen LogP contribution in [-0.4, -0.2) is 22.5 Å². The smallest absolute Gasteiger partial charge is 0.128 e. The van der Waals surface area contributed by atoms with E-state index in [0.717, 1.165) is 17.0 Å². The number of aromatic nitrogens is 1. The first-order chi connectivity index (χ1) is 8.40. The van der Waals surface area contributed by atoms with E-state index in [2.05, 4.69) is 10.1 Å². The molecule has 2 heterocycles. The lowest BCUT2D eigenvalue weighted by molar-refractivity contribution is 0.284. The summed E-state index contributed by atoms with van der Waals surface area (Å²) in [6, 6.07) is 11.5. The maximum absolute atomic E-state index is 9.23. The fraction of sp³-hybridized carbons (Fsp3) is 0.154. The second kappa shape index (κ2) is 3.97. The average molecular weight is 228 g/mol. The van der Waals surface area contributed by atoms with Gasteiger partial charge in [-0.05, 0) is 24.3 Å². The molecule has 1 aromatic heterocycles. The second-order valence-corrected chi connectivity index (χ2v) is 3.97. The van der Waals surface area contributed by atoms with Gasteiger partial charge in [-0.25, -0.2) is 0 Å². The molecule has 86 valence electrons. The topological polar surface area (TPSA) is 57.6 Å². The summed E-state index contributed by atoms with van der Waals surface area (Å²) in [7, 11) is 0. The summed E-state index contributed by atoms with van der Waals surface area (Å²) in [5, 5.41) is 12.7. The highest BCUT2D eigenvalue weighted by molar-refractivity contribution is 6.07. The summed E-state index contributed by atoms with van der Waals surface area (Å²) < 4.78 is 5.68. The Balaban J connectivity index is 2.07. The van der Waals surface area contributed by atoms with Gasteiger partial charge >= 0.3 is 0 Å². The van der Waals surface area contributed by atoms with Crippen molar-refractivity contribution >= 4 is 5.71 Å². The first-order valence-corrected chi connectivity index (χ1v) is 5.47. The van der Waals surface area contributed by atoms with Crippen LogP contribution >= 0.6 is 0 Å². The minimum atomic E-state index is -0.0510. The molecule has 1 aliphatic heterocycles. The van der Waals surface area contributed by atoms with E-state index in [-0.39, 0.29) is 5.92 Å². The van der Waals surface area contributed by atoms with Crippen LogP contribution in [0.5, 0.6) is 5.75 Å². The number of hydrogen-bond acceptors (Lipinski definition) is 3. The van der Waals surface area contributed by atoms with E-state index in [0.29, 0.717) is 12.3 Å². The van der Waals surface area contributed by atoms with Crippen LogP contribution in [0.4, 0.5) is 0 Å².